The van der Waals surface area contributed by atoms with E-state index in [4.69, 9.17) is 0 Å². The molecule has 0 radical (unpaired) electrons. The highest BCUT2D eigenvalue weighted by molar-refractivity contribution is 8.07. The van der Waals surface area contributed by atoms with Gasteiger partial charge < -0.3 is 5.11 Å². The number of rotatable bonds is 3. The van der Waals surface area contributed by atoms with Gasteiger partial charge in [-0.15, -0.1) is 0 Å². The zero-order valence-corrected chi connectivity index (χ0v) is 11.9. The van der Waals surface area contributed by atoms with Gasteiger partial charge in [0.2, 0.25) is 0 Å². The fourth-order valence-electron chi connectivity index (χ4n) is 2.07. The number of aromatic nitrogens is 1. The van der Waals surface area contributed by atoms with E-state index in [2.05, 4.69) is 11.9 Å². The molecule has 3 atom stereocenters. The van der Waals surface area contributed by atoms with Crippen molar-refractivity contribution in [3.8, 4) is 0 Å². The number of thioether (sulfide) groups is 2. The largest absolute Gasteiger partial charge is 0.387 e. The maximum Gasteiger partial charge on any atom is 0.0934 e. The van der Waals surface area contributed by atoms with E-state index in [9.17, 15) is 5.11 Å². The average molecular weight is 269 g/mol. The Morgan fingerprint density at radius 2 is 2.18 bits per heavy atom. The summed E-state index contributed by atoms with van der Waals surface area (Å²) in [6.07, 6.45) is 2.55. The molecule has 0 saturated carbocycles. The van der Waals surface area contributed by atoms with Crippen LogP contribution in [0.5, 0.6) is 0 Å². The maximum atomic E-state index is 10.5. The van der Waals surface area contributed by atoms with Gasteiger partial charge in [0.15, 0.2) is 0 Å². The van der Waals surface area contributed by atoms with E-state index >= 15 is 0 Å². The second-order valence-corrected chi connectivity index (χ2v) is 6.96. The Hall–Kier alpha value is -0.190. The van der Waals surface area contributed by atoms with E-state index < -0.39 is 0 Å². The van der Waals surface area contributed by atoms with Gasteiger partial charge in [0.25, 0.3) is 0 Å². The molecule has 0 aromatic carbocycles. The van der Waals surface area contributed by atoms with Crippen molar-refractivity contribution in [3.05, 3.63) is 29.6 Å². The summed E-state index contributed by atoms with van der Waals surface area (Å²) in [5.74, 6) is 2.35. The maximum absolute atomic E-state index is 10.5. The predicted molar refractivity (Wildman–Crippen MR) is 76.7 cm³/mol. The molecule has 2 nitrogen and oxygen atoms in total. The van der Waals surface area contributed by atoms with Crippen molar-refractivity contribution in [3.63, 3.8) is 0 Å². The number of aliphatic hydroxyl groups is 1. The summed E-state index contributed by atoms with van der Waals surface area (Å²) in [5, 5.41) is 11.3. The molecule has 0 spiro atoms. The van der Waals surface area contributed by atoms with Gasteiger partial charge in [-0.1, -0.05) is 13.0 Å². The molecule has 17 heavy (non-hydrogen) atoms. The molecule has 94 valence electrons. The predicted octanol–water partition coefficient (Wildman–Crippen LogP) is 3.05. The van der Waals surface area contributed by atoms with Crippen molar-refractivity contribution in [1.29, 1.82) is 0 Å². The third kappa shape index (κ3) is 3.18. The van der Waals surface area contributed by atoms with Crippen LogP contribution in [-0.4, -0.2) is 32.1 Å². The van der Waals surface area contributed by atoms with Gasteiger partial charge in [0, 0.05) is 33.9 Å². The number of aliphatic hydroxyl groups excluding tert-OH is 1. The molecule has 1 saturated heterocycles. The molecule has 1 aromatic rings. The number of pyridine rings is 1. The first-order valence-electron chi connectivity index (χ1n) is 6.06. The lowest BCUT2D eigenvalue weighted by atomic mass is 10.0. The van der Waals surface area contributed by atoms with Crippen LogP contribution in [0.15, 0.2) is 18.3 Å². The molecule has 1 N–H and O–H groups in total. The topological polar surface area (TPSA) is 33.1 Å². The van der Waals surface area contributed by atoms with E-state index in [1.165, 1.54) is 5.75 Å². The van der Waals surface area contributed by atoms with Crippen LogP contribution in [0, 0.1) is 6.92 Å². The Bertz CT molecular complexity index is 355. The highest BCUT2D eigenvalue weighted by Gasteiger charge is 2.31. The summed E-state index contributed by atoms with van der Waals surface area (Å²) in [6, 6.07) is 3.97. The van der Waals surface area contributed by atoms with Crippen LogP contribution in [0.4, 0.5) is 0 Å². The van der Waals surface area contributed by atoms with E-state index in [0.29, 0.717) is 10.5 Å². The lowest BCUT2D eigenvalue weighted by Crippen LogP contribution is -2.31. The van der Waals surface area contributed by atoms with Crippen LogP contribution in [0.25, 0.3) is 0 Å². The summed E-state index contributed by atoms with van der Waals surface area (Å²) in [7, 11) is 0. The molecule has 4 heteroatoms. The van der Waals surface area contributed by atoms with Crippen molar-refractivity contribution in [2.45, 2.75) is 36.9 Å². The highest BCUT2D eigenvalue weighted by atomic mass is 32.2. The molecule has 1 fully saturated rings. The van der Waals surface area contributed by atoms with Crippen molar-refractivity contribution in [2.24, 2.45) is 0 Å². The summed E-state index contributed by atoms with van der Waals surface area (Å²) in [5.41, 5.74) is 1.95. The molecule has 1 aliphatic heterocycles. The standard InChI is InChI=1S/C13H19NOS2/c1-3-11-13(17-7-6-16-11)12(15)10-5-4-9(2)14-8-10/h4-5,8,11-13,15H,3,6-7H2,1-2H3. The summed E-state index contributed by atoms with van der Waals surface area (Å²) in [4.78, 5) is 4.27. The molecular formula is C13H19NOS2. The third-order valence-electron chi connectivity index (χ3n) is 3.08. The van der Waals surface area contributed by atoms with Gasteiger partial charge in [-0.3, -0.25) is 4.98 Å². The number of aryl methyl sites for hydroxylation is 1. The Kier molecular flexibility index (Phi) is 4.77. The van der Waals surface area contributed by atoms with E-state index in [0.717, 1.165) is 23.4 Å². The Labute approximate surface area is 112 Å². The molecule has 0 aliphatic carbocycles. The Morgan fingerprint density at radius 1 is 1.41 bits per heavy atom. The first kappa shape index (κ1) is 13.2. The zero-order valence-electron chi connectivity index (χ0n) is 10.3. The molecule has 3 unspecified atom stereocenters. The van der Waals surface area contributed by atoms with Gasteiger partial charge in [-0.25, -0.2) is 0 Å². The molecule has 1 aromatic heterocycles. The van der Waals surface area contributed by atoms with Crippen LogP contribution in [0.2, 0.25) is 0 Å². The van der Waals surface area contributed by atoms with Crippen LogP contribution < -0.4 is 0 Å². The first-order valence-corrected chi connectivity index (χ1v) is 8.16. The smallest absolute Gasteiger partial charge is 0.0934 e. The van der Waals surface area contributed by atoms with E-state index in [1.54, 1.807) is 0 Å². The van der Waals surface area contributed by atoms with E-state index in [-0.39, 0.29) is 6.10 Å². The zero-order chi connectivity index (χ0) is 12.3. The fraction of sp³-hybridized carbons (Fsp3) is 0.615. The monoisotopic (exact) mass is 269 g/mol. The fourth-order valence-corrected chi connectivity index (χ4v) is 5.21. The Balaban J connectivity index is 2.12. The van der Waals surface area contributed by atoms with Crippen molar-refractivity contribution in [1.82, 2.24) is 4.98 Å². The van der Waals surface area contributed by atoms with Crippen LogP contribution >= 0.6 is 23.5 Å². The molecule has 0 amide bonds. The number of nitrogens with zero attached hydrogens (tertiary/aromatic N) is 1. The minimum atomic E-state index is -0.383. The van der Waals surface area contributed by atoms with E-state index in [1.807, 2.05) is 48.8 Å². The molecule has 0 bridgehead atoms. The number of hydrogen-bond donors (Lipinski definition) is 1. The summed E-state index contributed by atoms with van der Waals surface area (Å²) in [6.45, 7) is 4.17. The second-order valence-electron chi connectivity index (χ2n) is 4.33. The normalized spacial score (nSPS) is 26.8. The lowest BCUT2D eigenvalue weighted by molar-refractivity contribution is 0.172. The highest BCUT2D eigenvalue weighted by Crippen LogP contribution is 2.39. The summed E-state index contributed by atoms with van der Waals surface area (Å²) < 4.78 is 0. The second kappa shape index (κ2) is 6.12. The van der Waals surface area contributed by atoms with Gasteiger partial charge in [0.1, 0.15) is 0 Å². The van der Waals surface area contributed by atoms with Crippen molar-refractivity contribution >= 4 is 23.5 Å². The van der Waals surface area contributed by atoms with Gasteiger partial charge in [0.05, 0.1) is 6.10 Å². The van der Waals surface area contributed by atoms with Crippen LogP contribution in [0.3, 0.4) is 0 Å². The Morgan fingerprint density at radius 3 is 2.82 bits per heavy atom. The average Bonchev–Trinajstić information content (AvgIpc) is 2.39. The minimum absolute atomic E-state index is 0.309. The molecule has 2 rings (SSSR count). The third-order valence-corrected chi connectivity index (χ3v) is 6.42. The minimum Gasteiger partial charge on any atom is -0.387 e. The first-order chi connectivity index (χ1) is 8.22. The van der Waals surface area contributed by atoms with Gasteiger partial charge >= 0.3 is 0 Å². The van der Waals surface area contributed by atoms with Gasteiger partial charge in [-0.05, 0) is 25.0 Å². The number of hydrogen-bond acceptors (Lipinski definition) is 4. The van der Waals surface area contributed by atoms with Crippen molar-refractivity contribution < 1.29 is 5.11 Å². The molecule has 2 heterocycles. The van der Waals surface area contributed by atoms with Gasteiger partial charge in [-0.2, -0.15) is 23.5 Å². The summed E-state index contributed by atoms with van der Waals surface area (Å²) >= 11 is 3.90. The lowest BCUT2D eigenvalue weighted by Gasteiger charge is -2.33. The SMILES string of the molecule is CCC1SCCSC1C(O)c1ccc(C)nc1. The molecular weight excluding hydrogens is 250 g/mol. The van der Waals surface area contributed by atoms with Crippen LogP contribution in [-0.2, 0) is 0 Å². The van der Waals surface area contributed by atoms with Crippen molar-refractivity contribution in [2.75, 3.05) is 11.5 Å². The van der Waals surface area contributed by atoms with Crippen LogP contribution in [0.1, 0.15) is 30.7 Å². The quantitative estimate of drug-likeness (QED) is 0.914. The molecule has 1 aliphatic rings.